The smallest absolute Gasteiger partial charge is 0.286 e. The molecule has 9 heteroatoms. The second kappa shape index (κ2) is 7.60. The van der Waals surface area contributed by atoms with E-state index in [2.05, 4.69) is 4.98 Å². The van der Waals surface area contributed by atoms with Crippen LogP contribution in [0.5, 0.6) is 5.75 Å². The third-order valence-corrected chi connectivity index (χ3v) is 3.51. The molecule has 1 heterocycles. The van der Waals surface area contributed by atoms with E-state index < -0.39 is 16.4 Å². The predicted molar refractivity (Wildman–Crippen MR) is 87.6 cm³/mol. The standard InChI is InChI=1S/C15H14ClN3O5/c1-18(6-7-24-13-5-3-2-4-12(13)16)15(21)11-8-10(19(22)23)9-17-14(11)20/h2-5,8-9H,6-7H2,1H3,(H,17,20). The first-order valence-electron chi connectivity index (χ1n) is 6.90. The number of para-hydroxylation sites is 1. The number of nitro groups is 1. The van der Waals surface area contributed by atoms with Crippen LogP contribution in [-0.4, -0.2) is 40.9 Å². The summed E-state index contributed by atoms with van der Waals surface area (Å²) in [6, 6.07) is 7.84. The van der Waals surface area contributed by atoms with Crippen LogP contribution in [0.3, 0.4) is 0 Å². The predicted octanol–water partition coefficient (Wildman–Crippen LogP) is 2.09. The maximum Gasteiger partial charge on any atom is 0.286 e. The van der Waals surface area contributed by atoms with Gasteiger partial charge >= 0.3 is 0 Å². The molecule has 0 bridgehead atoms. The van der Waals surface area contributed by atoms with Gasteiger partial charge in [-0.2, -0.15) is 0 Å². The fourth-order valence-corrected chi connectivity index (χ4v) is 2.09. The maximum absolute atomic E-state index is 12.3. The number of nitrogens with one attached hydrogen (secondary N) is 1. The van der Waals surface area contributed by atoms with Crippen LogP contribution >= 0.6 is 11.6 Å². The van der Waals surface area contributed by atoms with Gasteiger partial charge in [-0.05, 0) is 12.1 Å². The number of likely N-dealkylation sites (N-methyl/N-ethyl adjacent to an activating group) is 1. The molecule has 0 spiro atoms. The van der Waals surface area contributed by atoms with Gasteiger partial charge in [-0.1, -0.05) is 23.7 Å². The van der Waals surface area contributed by atoms with E-state index in [1.165, 1.54) is 11.9 Å². The number of carbonyl (C=O) groups excluding carboxylic acids is 1. The summed E-state index contributed by atoms with van der Waals surface area (Å²) in [6.07, 6.45) is 0.944. The third kappa shape index (κ3) is 4.11. The first-order valence-corrected chi connectivity index (χ1v) is 7.28. The number of H-pyrrole nitrogens is 1. The van der Waals surface area contributed by atoms with E-state index in [0.29, 0.717) is 10.8 Å². The highest BCUT2D eigenvalue weighted by Crippen LogP contribution is 2.22. The van der Waals surface area contributed by atoms with Crippen LogP contribution in [0.4, 0.5) is 5.69 Å². The van der Waals surface area contributed by atoms with Gasteiger partial charge in [0.05, 0.1) is 22.7 Å². The Balaban J connectivity index is 2.02. The van der Waals surface area contributed by atoms with E-state index in [1.807, 2.05) is 0 Å². The Kier molecular flexibility index (Phi) is 5.54. The second-order valence-corrected chi connectivity index (χ2v) is 5.27. The first kappa shape index (κ1) is 17.5. The van der Waals surface area contributed by atoms with Crippen LogP contribution in [0.2, 0.25) is 5.02 Å². The molecule has 1 aromatic heterocycles. The summed E-state index contributed by atoms with van der Waals surface area (Å²) in [7, 11) is 1.47. The second-order valence-electron chi connectivity index (χ2n) is 4.86. The molecular formula is C15H14ClN3O5. The number of hydrogen-bond donors (Lipinski definition) is 1. The van der Waals surface area contributed by atoms with Crippen LogP contribution in [0, 0.1) is 10.1 Å². The van der Waals surface area contributed by atoms with Gasteiger partial charge in [0.25, 0.3) is 17.2 Å². The Morgan fingerprint density at radius 3 is 2.79 bits per heavy atom. The van der Waals surface area contributed by atoms with E-state index in [0.717, 1.165) is 12.3 Å². The van der Waals surface area contributed by atoms with Gasteiger partial charge in [-0.3, -0.25) is 19.7 Å². The lowest BCUT2D eigenvalue weighted by Crippen LogP contribution is -2.34. The third-order valence-electron chi connectivity index (χ3n) is 3.20. The van der Waals surface area contributed by atoms with E-state index in [4.69, 9.17) is 16.3 Å². The van der Waals surface area contributed by atoms with Crippen molar-refractivity contribution in [3.05, 3.63) is 67.6 Å². The highest BCUT2D eigenvalue weighted by atomic mass is 35.5. The molecule has 1 aromatic carbocycles. The Morgan fingerprint density at radius 1 is 1.42 bits per heavy atom. The van der Waals surface area contributed by atoms with Gasteiger partial charge in [-0.15, -0.1) is 0 Å². The lowest BCUT2D eigenvalue weighted by atomic mass is 10.2. The van der Waals surface area contributed by atoms with Crippen molar-refractivity contribution < 1.29 is 14.5 Å². The Labute approximate surface area is 141 Å². The number of rotatable bonds is 6. The van der Waals surface area contributed by atoms with Crippen molar-refractivity contribution in [1.29, 1.82) is 0 Å². The number of ether oxygens (including phenoxy) is 1. The van der Waals surface area contributed by atoms with Gasteiger partial charge in [-0.25, -0.2) is 0 Å². The molecule has 0 fully saturated rings. The molecule has 0 saturated carbocycles. The van der Waals surface area contributed by atoms with E-state index in [-0.39, 0.29) is 24.4 Å². The summed E-state index contributed by atoms with van der Waals surface area (Å²) < 4.78 is 5.47. The molecule has 0 radical (unpaired) electrons. The van der Waals surface area contributed by atoms with Crippen molar-refractivity contribution in [2.75, 3.05) is 20.2 Å². The molecule has 0 saturated heterocycles. The van der Waals surface area contributed by atoms with Crippen LogP contribution in [0.15, 0.2) is 41.3 Å². The number of aromatic amines is 1. The number of benzene rings is 1. The number of nitrogens with zero attached hydrogens (tertiary/aromatic N) is 2. The van der Waals surface area contributed by atoms with Crippen molar-refractivity contribution in [1.82, 2.24) is 9.88 Å². The normalized spacial score (nSPS) is 10.2. The van der Waals surface area contributed by atoms with Gasteiger partial charge in [0.15, 0.2) is 0 Å². The SMILES string of the molecule is CN(CCOc1ccccc1Cl)C(=O)c1cc([N+](=O)[O-])c[nH]c1=O. The molecule has 8 nitrogen and oxygen atoms in total. The quantitative estimate of drug-likeness (QED) is 0.633. The van der Waals surface area contributed by atoms with Gasteiger partial charge in [0.1, 0.15) is 17.9 Å². The van der Waals surface area contributed by atoms with Crippen LogP contribution in [0.1, 0.15) is 10.4 Å². The zero-order chi connectivity index (χ0) is 17.7. The minimum Gasteiger partial charge on any atom is -0.490 e. The lowest BCUT2D eigenvalue weighted by Gasteiger charge is -2.17. The molecule has 0 aliphatic rings. The fraction of sp³-hybridized carbons (Fsp3) is 0.200. The van der Waals surface area contributed by atoms with E-state index in [9.17, 15) is 19.7 Å². The van der Waals surface area contributed by atoms with E-state index >= 15 is 0 Å². The number of hydrogen-bond acceptors (Lipinski definition) is 5. The number of carbonyl (C=O) groups is 1. The Bertz CT molecular complexity index is 821. The van der Waals surface area contributed by atoms with Gasteiger partial charge < -0.3 is 14.6 Å². The van der Waals surface area contributed by atoms with Crippen molar-refractivity contribution >= 4 is 23.2 Å². The minimum atomic E-state index is -0.690. The van der Waals surface area contributed by atoms with Crippen LogP contribution in [-0.2, 0) is 0 Å². The topological polar surface area (TPSA) is 106 Å². The minimum absolute atomic E-state index is 0.152. The molecule has 0 aliphatic heterocycles. The highest BCUT2D eigenvalue weighted by molar-refractivity contribution is 6.32. The Morgan fingerprint density at radius 2 is 2.12 bits per heavy atom. The maximum atomic E-state index is 12.3. The largest absolute Gasteiger partial charge is 0.490 e. The van der Waals surface area contributed by atoms with Crippen molar-refractivity contribution in [3.8, 4) is 5.75 Å². The molecule has 24 heavy (non-hydrogen) atoms. The van der Waals surface area contributed by atoms with E-state index in [1.54, 1.807) is 24.3 Å². The fourth-order valence-electron chi connectivity index (χ4n) is 1.90. The molecule has 2 aromatic rings. The number of pyridine rings is 1. The number of aromatic nitrogens is 1. The zero-order valence-electron chi connectivity index (χ0n) is 12.7. The van der Waals surface area contributed by atoms with Crippen molar-refractivity contribution in [3.63, 3.8) is 0 Å². The summed E-state index contributed by atoms with van der Waals surface area (Å²) in [5.74, 6) is -0.157. The summed E-state index contributed by atoms with van der Waals surface area (Å²) in [5.41, 5.74) is -1.35. The average Bonchev–Trinajstić information content (AvgIpc) is 2.56. The summed E-state index contributed by atoms with van der Waals surface area (Å²) >= 11 is 5.95. The molecule has 2 rings (SSSR count). The summed E-state index contributed by atoms with van der Waals surface area (Å²) in [5, 5.41) is 11.2. The monoisotopic (exact) mass is 351 g/mol. The molecule has 0 aliphatic carbocycles. The summed E-state index contributed by atoms with van der Waals surface area (Å²) in [6.45, 7) is 0.324. The molecular weight excluding hydrogens is 338 g/mol. The molecule has 0 unspecified atom stereocenters. The lowest BCUT2D eigenvalue weighted by molar-refractivity contribution is -0.385. The van der Waals surface area contributed by atoms with Crippen LogP contribution in [0.25, 0.3) is 0 Å². The van der Waals surface area contributed by atoms with Gasteiger partial charge in [0, 0.05) is 13.1 Å². The molecule has 126 valence electrons. The first-order chi connectivity index (χ1) is 11.4. The highest BCUT2D eigenvalue weighted by Gasteiger charge is 2.19. The van der Waals surface area contributed by atoms with Crippen molar-refractivity contribution in [2.45, 2.75) is 0 Å². The molecule has 0 atom stereocenters. The zero-order valence-corrected chi connectivity index (χ0v) is 13.4. The number of halogens is 1. The Hall–Kier alpha value is -2.87. The van der Waals surface area contributed by atoms with Crippen LogP contribution < -0.4 is 10.3 Å². The molecule has 1 N–H and O–H groups in total. The van der Waals surface area contributed by atoms with Gasteiger partial charge in [0.2, 0.25) is 0 Å². The molecule has 1 amide bonds. The number of amides is 1. The average molecular weight is 352 g/mol. The van der Waals surface area contributed by atoms with Crippen molar-refractivity contribution in [2.24, 2.45) is 0 Å². The summed E-state index contributed by atoms with van der Waals surface area (Å²) in [4.78, 5) is 37.4.